The molecule has 0 aliphatic heterocycles. The van der Waals surface area contributed by atoms with Gasteiger partial charge in [-0.15, -0.1) is 0 Å². The Morgan fingerprint density at radius 2 is 1.86 bits per heavy atom. The number of alkyl carbamates (subject to hydrolysis) is 1. The zero-order valence-electron chi connectivity index (χ0n) is 13.6. The van der Waals surface area contributed by atoms with Gasteiger partial charge in [-0.2, -0.15) is 0 Å². The molecule has 0 bridgehead atoms. The van der Waals surface area contributed by atoms with Gasteiger partial charge < -0.3 is 20.7 Å². The Morgan fingerprint density at radius 1 is 1.29 bits per heavy atom. The van der Waals surface area contributed by atoms with Gasteiger partial charge in [-0.05, 0) is 44.9 Å². The summed E-state index contributed by atoms with van der Waals surface area (Å²) in [5.74, 6) is 0. The highest BCUT2D eigenvalue weighted by atomic mass is 16.6. The summed E-state index contributed by atoms with van der Waals surface area (Å²) < 4.78 is 5.17. The van der Waals surface area contributed by atoms with Crippen LogP contribution < -0.4 is 16.0 Å². The van der Waals surface area contributed by atoms with Gasteiger partial charge in [-0.25, -0.2) is 4.79 Å². The van der Waals surface area contributed by atoms with E-state index in [1.807, 2.05) is 39.8 Å². The summed E-state index contributed by atoms with van der Waals surface area (Å²) in [4.78, 5) is 13.6. The monoisotopic (exact) mass is 293 g/mol. The van der Waals surface area contributed by atoms with E-state index in [1.54, 1.807) is 0 Å². The summed E-state index contributed by atoms with van der Waals surface area (Å²) in [6.07, 6.45) is 0.282. The average molecular weight is 293 g/mol. The topological polar surface area (TPSA) is 67.6 Å². The number of ether oxygens (including phenoxy) is 1. The van der Waals surface area contributed by atoms with Crippen LogP contribution in [0, 0.1) is 0 Å². The molecule has 0 heterocycles. The van der Waals surface area contributed by atoms with Crippen LogP contribution in [-0.2, 0) is 11.2 Å². The highest BCUT2D eigenvalue weighted by Crippen LogP contribution is 2.13. The first-order valence-electron chi connectivity index (χ1n) is 7.16. The molecule has 21 heavy (non-hydrogen) atoms. The molecule has 5 nitrogen and oxygen atoms in total. The first-order chi connectivity index (χ1) is 9.67. The van der Waals surface area contributed by atoms with Gasteiger partial charge in [-0.1, -0.05) is 12.1 Å². The number of benzene rings is 1. The number of amides is 1. The second kappa shape index (κ2) is 7.31. The van der Waals surface area contributed by atoms with Crippen molar-refractivity contribution in [3.05, 3.63) is 29.8 Å². The molecule has 0 aliphatic carbocycles. The lowest BCUT2D eigenvalue weighted by molar-refractivity contribution is 0.0524. The third-order valence-corrected chi connectivity index (χ3v) is 2.86. The van der Waals surface area contributed by atoms with Gasteiger partial charge in [-0.3, -0.25) is 0 Å². The second-order valence-electron chi connectivity index (χ2n) is 6.41. The van der Waals surface area contributed by atoms with Gasteiger partial charge in [0, 0.05) is 32.4 Å². The summed E-state index contributed by atoms with van der Waals surface area (Å²) in [6, 6.07) is 8.10. The van der Waals surface area contributed by atoms with E-state index >= 15 is 0 Å². The minimum Gasteiger partial charge on any atom is -0.444 e. The molecule has 0 saturated heterocycles. The maximum Gasteiger partial charge on any atom is 0.407 e. The molecule has 1 amide bonds. The Labute approximate surface area is 127 Å². The van der Waals surface area contributed by atoms with E-state index in [-0.39, 0.29) is 6.04 Å². The van der Waals surface area contributed by atoms with E-state index < -0.39 is 11.7 Å². The van der Waals surface area contributed by atoms with Crippen molar-refractivity contribution in [3.8, 4) is 0 Å². The van der Waals surface area contributed by atoms with Crippen molar-refractivity contribution < 1.29 is 9.53 Å². The van der Waals surface area contributed by atoms with Crippen LogP contribution in [0.15, 0.2) is 24.3 Å². The van der Waals surface area contributed by atoms with Crippen LogP contribution in [-0.4, -0.2) is 38.4 Å². The van der Waals surface area contributed by atoms with Crippen molar-refractivity contribution in [1.29, 1.82) is 0 Å². The van der Waals surface area contributed by atoms with Gasteiger partial charge >= 0.3 is 6.09 Å². The molecular weight excluding hydrogens is 266 g/mol. The Morgan fingerprint density at radius 3 is 2.33 bits per heavy atom. The van der Waals surface area contributed by atoms with E-state index in [0.29, 0.717) is 13.0 Å². The van der Waals surface area contributed by atoms with Gasteiger partial charge in [0.15, 0.2) is 0 Å². The fourth-order valence-corrected chi connectivity index (χ4v) is 1.83. The molecule has 5 heteroatoms. The largest absolute Gasteiger partial charge is 0.444 e. The Kier molecular flexibility index (Phi) is 6.03. The molecule has 1 rings (SSSR count). The quantitative estimate of drug-likeness (QED) is 0.873. The summed E-state index contributed by atoms with van der Waals surface area (Å²) in [7, 11) is 4.01. The number of hydrogen-bond donors (Lipinski definition) is 2. The number of rotatable bonds is 5. The van der Waals surface area contributed by atoms with Crippen LogP contribution >= 0.6 is 0 Å². The molecule has 1 unspecified atom stereocenters. The Balaban J connectivity index is 2.40. The normalized spacial score (nSPS) is 12.7. The fourth-order valence-electron chi connectivity index (χ4n) is 1.83. The summed E-state index contributed by atoms with van der Waals surface area (Å²) >= 11 is 0. The molecular formula is C16H27N3O2. The fraction of sp³-hybridized carbons (Fsp3) is 0.562. The molecule has 0 saturated carbocycles. The van der Waals surface area contributed by atoms with Crippen LogP contribution in [0.5, 0.6) is 0 Å². The molecule has 3 N–H and O–H groups in total. The minimum atomic E-state index is -0.490. The van der Waals surface area contributed by atoms with Gasteiger partial charge in [0.1, 0.15) is 5.60 Å². The maximum atomic E-state index is 11.5. The summed E-state index contributed by atoms with van der Waals surface area (Å²) in [5, 5.41) is 2.69. The van der Waals surface area contributed by atoms with Gasteiger partial charge in [0.2, 0.25) is 0 Å². The van der Waals surface area contributed by atoms with Crippen molar-refractivity contribution >= 4 is 11.8 Å². The first-order valence-corrected chi connectivity index (χ1v) is 7.16. The van der Waals surface area contributed by atoms with Crippen LogP contribution in [0.3, 0.4) is 0 Å². The van der Waals surface area contributed by atoms with E-state index in [0.717, 1.165) is 11.3 Å². The van der Waals surface area contributed by atoms with Crippen LogP contribution in [0.4, 0.5) is 10.5 Å². The standard InChI is InChI=1S/C16H27N3O2/c1-16(2,3)21-15(20)18-11-13(17)10-12-6-8-14(9-7-12)19(4)5/h6-9,13H,10-11,17H2,1-5H3,(H,18,20). The van der Waals surface area contributed by atoms with Crippen LogP contribution in [0.1, 0.15) is 26.3 Å². The highest BCUT2D eigenvalue weighted by Gasteiger charge is 2.16. The number of nitrogens with zero attached hydrogens (tertiary/aromatic N) is 1. The van der Waals surface area contributed by atoms with E-state index in [4.69, 9.17) is 10.5 Å². The molecule has 0 fully saturated rings. The Bertz CT molecular complexity index is 450. The highest BCUT2D eigenvalue weighted by molar-refractivity contribution is 5.67. The van der Waals surface area contributed by atoms with Crippen molar-refractivity contribution in [2.24, 2.45) is 5.73 Å². The third-order valence-electron chi connectivity index (χ3n) is 2.86. The molecule has 0 aromatic heterocycles. The predicted octanol–water partition coefficient (Wildman–Crippen LogP) is 2.15. The lowest BCUT2D eigenvalue weighted by Crippen LogP contribution is -2.41. The molecule has 0 aliphatic rings. The van der Waals surface area contributed by atoms with E-state index in [9.17, 15) is 4.79 Å². The predicted molar refractivity (Wildman–Crippen MR) is 86.7 cm³/mol. The van der Waals surface area contributed by atoms with E-state index in [1.165, 1.54) is 0 Å². The maximum absolute atomic E-state index is 11.5. The summed E-state index contributed by atoms with van der Waals surface area (Å²) in [5.41, 5.74) is 7.85. The smallest absolute Gasteiger partial charge is 0.407 e. The molecule has 1 aromatic carbocycles. The SMILES string of the molecule is CN(C)c1ccc(CC(N)CNC(=O)OC(C)(C)C)cc1. The van der Waals surface area contributed by atoms with Gasteiger partial charge in [0.25, 0.3) is 0 Å². The molecule has 0 radical (unpaired) electrons. The van der Waals surface area contributed by atoms with Crippen molar-refractivity contribution in [1.82, 2.24) is 5.32 Å². The number of nitrogens with one attached hydrogen (secondary N) is 1. The first kappa shape index (κ1) is 17.3. The number of nitrogens with two attached hydrogens (primary N) is 1. The van der Waals surface area contributed by atoms with Gasteiger partial charge in [0.05, 0.1) is 0 Å². The Hall–Kier alpha value is -1.75. The molecule has 118 valence electrons. The van der Waals surface area contributed by atoms with Crippen molar-refractivity contribution in [2.75, 3.05) is 25.5 Å². The summed E-state index contributed by atoms with van der Waals surface area (Å²) in [6.45, 7) is 5.89. The molecule has 1 aromatic rings. The zero-order chi connectivity index (χ0) is 16.0. The van der Waals surface area contributed by atoms with Crippen molar-refractivity contribution in [3.63, 3.8) is 0 Å². The number of carbonyl (C=O) groups is 1. The second-order valence-corrected chi connectivity index (χ2v) is 6.41. The number of hydrogen-bond acceptors (Lipinski definition) is 4. The average Bonchev–Trinajstić information content (AvgIpc) is 2.35. The number of anilines is 1. The lowest BCUT2D eigenvalue weighted by Gasteiger charge is -2.21. The molecule has 0 spiro atoms. The number of carbonyl (C=O) groups excluding carboxylic acids is 1. The molecule has 1 atom stereocenters. The van der Waals surface area contributed by atoms with E-state index in [2.05, 4.69) is 29.6 Å². The minimum absolute atomic E-state index is 0.136. The van der Waals surface area contributed by atoms with Crippen molar-refractivity contribution in [2.45, 2.75) is 38.8 Å². The lowest BCUT2D eigenvalue weighted by atomic mass is 10.1. The van der Waals surface area contributed by atoms with Crippen LogP contribution in [0.2, 0.25) is 0 Å². The van der Waals surface area contributed by atoms with Crippen LogP contribution in [0.25, 0.3) is 0 Å². The zero-order valence-corrected chi connectivity index (χ0v) is 13.6. The third kappa shape index (κ3) is 6.99.